The first-order chi connectivity index (χ1) is 10.7. The van der Waals surface area contributed by atoms with Gasteiger partial charge in [-0.2, -0.15) is 0 Å². The lowest BCUT2D eigenvalue weighted by Gasteiger charge is -2.07. The Hall–Kier alpha value is -2.46. The molecule has 3 rings (SSSR count). The van der Waals surface area contributed by atoms with Crippen LogP contribution in [0.4, 0.5) is 0 Å². The highest BCUT2D eigenvalue weighted by Gasteiger charge is 2.23. The van der Waals surface area contributed by atoms with Crippen LogP contribution in [0.15, 0.2) is 76.7 Å². The molecule has 0 fully saturated rings. The van der Waals surface area contributed by atoms with E-state index in [1.165, 1.54) is 9.79 Å². The van der Waals surface area contributed by atoms with Gasteiger partial charge in [0.05, 0.1) is 10.9 Å². The van der Waals surface area contributed by atoms with E-state index in [4.69, 9.17) is 5.11 Å². The minimum atomic E-state index is -0.942. The Bertz CT molecular complexity index is 796. The van der Waals surface area contributed by atoms with Crippen molar-refractivity contribution < 1.29 is 9.90 Å². The first-order valence-corrected chi connectivity index (χ1v) is 8.52. The van der Waals surface area contributed by atoms with Crippen molar-refractivity contribution in [1.29, 1.82) is 0 Å². The van der Waals surface area contributed by atoms with E-state index in [9.17, 15) is 4.79 Å². The van der Waals surface area contributed by atoms with Crippen molar-refractivity contribution in [2.24, 2.45) is 0 Å². The normalized spacial score (nSPS) is 12.0. The fourth-order valence-corrected chi connectivity index (χ4v) is 4.01. The lowest BCUT2D eigenvalue weighted by molar-refractivity contribution is 0.0691. The highest BCUT2D eigenvalue weighted by molar-refractivity contribution is 7.96. The molecule has 0 saturated carbocycles. The van der Waals surface area contributed by atoms with Gasteiger partial charge >= 0.3 is 5.97 Å². The Balaban J connectivity index is 2.04. The van der Waals surface area contributed by atoms with Gasteiger partial charge in [-0.15, -0.1) is 0 Å². The molecule has 2 N–H and O–H groups in total. The van der Waals surface area contributed by atoms with Crippen LogP contribution in [0.2, 0.25) is 0 Å². The molecular weight excluding hydrogens is 294 g/mol. The smallest absolute Gasteiger partial charge is 0.352 e. The second-order valence-electron chi connectivity index (χ2n) is 4.93. The third kappa shape index (κ3) is 2.78. The Kier molecular flexibility index (Phi) is 4.02. The van der Waals surface area contributed by atoms with E-state index in [0.717, 1.165) is 11.1 Å². The van der Waals surface area contributed by atoms with Crippen molar-refractivity contribution >= 4 is 16.9 Å². The molecule has 22 heavy (non-hydrogen) atoms. The SMILES string of the molecule is C[S+](c1ccccc1)c1ccccc1-c1c[nH]c(C(=O)O)c1. The third-order valence-corrected chi connectivity index (χ3v) is 5.53. The highest BCUT2D eigenvalue weighted by atomic mass is 32.2. The second kappa shape index (κ2) is 6.12. The summed E-state index contributed by atoms with van der Waals surface area (Å²) in [5, 5.41) is 9.07. The summed E-state index contributed by atoms with van der Waals surface area (Å²) in [6.07, 6.45) is 3.95. The molecule has 4 heteroatoms. The van der Waals surface area contributed by atoms with Gasteiger partial charge in [-0.3, -0.25) is 0 Å². The molecule has 1 atom stereocenters. The van der Waals surface area contributed by atoms with Crippen LogP contribution in [-0.4, -0.2) is 22.3 Å². The summed E-state index contributed by atoms with van der Waals surface area (Å²) in [6.45, 7) is 0. The third-order valence-electron chi connectivity index (χ3n) is 3.54. The van der Waals surface area contributed by atoms with Crippen LogP contribution in [0.3, 0.4) is 0 Å². The summed E-state index contributed by atoms with van der Waals surface area (Å²) in [4.78, 5) is 16.3. The van der Waals surface area contributed by atoms with Crippen LogP contribution in [-0.2, 0) is 10.9 Å². The number of carboxylic acid groups (broad SMARTS) is 1. The van der Waals surface area contributed by atoms with Crippen LogP contribution in [0, 0.1) is 0 Å². The van der Waals surface area contributed by atoms with E-state index in [-0.39, 0.29) is 16.6 Å². The molecule has 3 nitrogen and oxygen atoms in total. The van der Waals surface area contributed by atoms with Gasteiger partial charge in [-0.05, 0) is 30.3 Å². The maximum absolute atomic E-state index is 11.1. The molecule has 0 bridgehead atoms. The monoisotopic (exact) mass is 310 g/mol. The summed E-state index contributed by atoms with van der Waals surface area (Å²) in [6, 6.07) is 20.2. The van der Waals surface area contributed by atoms with E-state index in [1.807, 2.05) is 36.4 Å². The number of rotatable bonds is 4. The van der Waals surface area contributed by atoms with Crippen molar-refractivity contribution in [3.05, 3.63) is 72.6 Å². The number of hydrogen-bond acceptors (Lipinski definition) is 1. The number of hydrogen-bond donors (Lipinski definition) is 2. The Labute approximate surface area is 132 Å². The highest BCUT2D eigenvalue weighted by Crippen LogP contribution is 2.31. The van der Waals surface area contributed by atoms with Crippen LogP contribution in [0.1, 0.15) is 10.5 Å². The van der Waals surface area contributed by atoms with Crippen LogP contribution >= 0.6 is 0 Å². The molecule has 3 aromatic rings. The zero-order chi connectivity index (χ0) is 15.5. The molecule has 0 aliphatic carbocycles. The second-order valence-corrected chi connectivity index (χ2v) is 6.86. The van der Waals surface area contributed by atoms with Gasteiger partial charge < -0.3 is 10.1 Å². The number of aromatic carboxylic acids is 1. The summed E-state index contributed by atoms with van der Waals surface area (Å²) >= 11 is 0. The predicted molar refractivity (Wildman–Crippen MR) is 89.5 cm³/mol. The fraction of sp³-hybridized carbons (Fsp3) is 0.0556. The van der Waals surface area contributed by atoms with Crippen molar-refractivity contribution in [2.75, 3.05) is 6.26 Å². The molecular formula is C18H16NO2S+. The van der Waals surface area contributed by atoms with Crippen molar-refractivity contribution in [2.45, 2.75) is 9.79 Å². The molecule has 110 valence electrons. The van der Waals surface area contributed by atoms with Gasteiger partial charge in [-0.25, -0.2) is 4.79 Å². The molecule has 1 unspecified atom stereocenters. The Morgan fingerprint density at radius 2 is 1.73 bits per heavy atom. The first kappa shape index (κ1) is 14.5. The average Bonchev–Trinajstić information content (AvgIpc) is 3.05. The number of aromatic amines is 1. The van der Waals surface area contributed by atoms with Crippen molar-refractivity contribution in [1.82, 2.24) is 4.98 Å². The molecule has 0 amide bonds. The standard InChI is InChI=1S/C18H15NO2S/c1-22(14-7-3-2-4-8-14)17-10-6-5-9-15(17)13-11-16(18(20)21)19-12-13/h2-12,19H,1H3/p+1. The summed E-state index contributed by atoms with van der Waals surface area (Å²) in [7, 11) is -0.0716. The Morgan fingerprint density at radius 1 is 1.05 bits per heavy atom. The van der Waals surface area contributed by atoms with E-state index in [0.29, 0.717) is 0 Å². The van der Waals surface area contributed by atoms with Gasteiger partial charge in [0.15, 0.2) is 9.79 Å². The number of carboxylic acids is 1. The zero-order valence-electron chi connectivity index (χ0n) is 12.1. The quantitative estimate of drug-likeness (QED) is 0.714. The lowest BCUT2D eigenvalue weighted by Crippen LogP contribution is -2.02. The fourth-order valence-electron chi connectivity index (χ4n) is 2.40. The maximum atomic E-state index is 11.1. The van der Waals surface area contributed by atoms with E-state index in [1.54, 1.807) is 12.3 Å². The van der Waals surface area contributed by atoms with E-state index in [2.05, 4.69) is 29.4 Å². The zero-order valence-corrected chi connectivity index (χ0v) is 12.9. The number of carbonyl (C=O) groups is 1. The van der Waals surface area contributed by atoms with Crippen LogP contribution < -0.4 is 0 Å². The minimum Gasteiger partial charge on any atom is -0.477 e. The largest absolute Gasteiger partial charge is 0.477 e. The molecule has 2 aromatic carbocycles. The molecule has 0 spiro atoms. The van der Waals surface area contributed by atoms with E-state index < -0.39 is 5.97 Å². The van der Waals surface area contributed by atoms with Crippen LogP contribution in [0.25, 0.3) is 11.1 Å². The molecule has 0 radical (unpaired) electrons. The molecule has 1 heterocycles. The first-order valence-electron chi connectivity index (χ1n) is 6.89. The molecule has 0 aliphatic rings. The summed E-state index contributed by atoms with van der Waals surface area (Å²) in [5.74, 6) is -0.942. The number of H-pyrrole nitrogens is 1. The van der Waals surface area contributed by atoms with Gasteiger partial charge in [0.2, 0.25) is 0 Å². The number of aromatic nitrogens is 1. The predicted octanol–water partition coefficient (Wildman–Crippen LogP) is 4.05. The average molecular weight is 310 g/mol. The minimum absolute atomic E-state index is 0.0716. The lowest BCUT2D eigenvalue weighted by atomic mass is 10.1. The van der Waals surface area contributed by atoms with E-state index >= 15 is 0 Å². The molecule has 0 aliphatic heterocycles. The molecule has 0 saturated heterocycles. The van der Waals surface area contributed by atoms with Crippen molar-refractivity contribution in [3.8, 4) is 11.1 Å². The Morgan fingerprint density at radius 3 is 2.41 bits per heavy atom. The summed E-state index contributed by atoms with van der Waals surface area (Å²) in [5.41, 5.74) is 2.18. The molecule has 1 aromatic heterocycles. The van der Waals surface area contributed by atoms with Gasteiger partial charge in [0, 0.05) is 17.3 Å². The number of benzene rings is 2. The van der Waals surface area contributed by atoms with Gasteiger partial charge in [0.25, 0.3) is 0 Å². The topological polar surface area (TPSA) is 53.1 Å². The van der Waals surface area contributed by atoms with Gasteiger partial charge in [0.1, 0.15) is 11.9 Å². The summed E-state index contributed by atoms with van der Waals surface area (Å²) < 4.78 is 0. The maximum Gasteiger partial charge on any atom is 0.352 e. The van der Waals surface area contributed by atoms with Crippen molar-refractivity contribution in [3.63, 3.8) is 0 Å². The van der Waals surface area contributed by atoms with Gasteiger partial charge in [-0.1, -0.05) is 30.3 Å². The number of nitrogens with one attached hydrogen (secondary N) is 1. The van der Waals surface area contributed by atoms with Crippen LogP contribution in [0.5, 0.6) is 0 Å².